The summed E-state index contributed by atoms with van der Waals surface area (Å²) in [5, 5.41) is 22.6. The maximum Gasteiger partial charge on any atom is 0.344 e. The number of pyridine rings is 1. The minimum Gasteiger partial charge on any atom is -0.459 e. The van der Waals surface area contributed by atoms with E-state index in [2.05, 4.69) is 15.0 Å². The van der Waals surface area contributed by atoms with Crippen LogP contribution in [0.3, 0.4) is 0 Å². The summed E-state index contributed by atoms with van der Waals surface area (Å²) >= 11 is 0. The molecule has 0 amide bonds. The first-order valence-corrected chi connectivity index (χ1v) is 16.1. The summed E-state index contributed by atoms with van der Waals surface area (Å²) in [6.45, 7) is -0.803. The molecule has 3 aliphatic heterocycles. The second kappa shape index (κ2) is 11.5. The lowest BCUT2D eigenvalue weighted by Gasteiger charge is -2.40. The molecular weight excluding hydrogens is 658 g/mol. The van der Waals surface area contributed by atoms with Crippen LogP contribution in [0.2, 0.25) is 0 Å². The fourth-order valence-corrected chi connectivity index (χ4v) is 8.26. The molecule has 0 bridgehead atoms. The predicted molar refractivity (Wildman–Crippen MR) is 165 cm³/mol. The maximum atomic E-state index is 16.9. The van der Waals surface area contributed by atoms with Gasteiger partial charge >= 0.3 is 12.0 Å². The van der Waals surface area contributed by atoms with Gasteiger partial charge in [0, 0.05) is 48.3 Å². The third-order valence-corrected chi connectivity index (χ3v) is 10.5. The van der Waals surface area contributed by atoms with Crippen molar-refractivity contribution < 1.29 is 46.0 Å². The van der Waals surface area contributed by atoms with Gasteiger partial charge in [-0.3, -0.25) is 9.88 Å². The number of nitrogens with zero attached hydrogens (tertiary/aromatic N) is 5. The molecule has 2 aromatic carbocycles. The average Bonchev–Trinajstić information content (AvgIpc) is 3.41. The molecule has 16 heteroatoms. The third-order valence-electron chi connectivity index (χ3n) is 10.5. The lowest BCUT2D eigenvalue weighted by molar-refractivity contribution is -0.349. The summed E-state index contributed by atoms with van der Waals surface area (Å²) < 4.78 is 99.7. The Morgan fingerprint density at radius 1 is 1.04 bits per heavy atom. The number of aliphatic hydroxyl groups is 2. The number of alkyl halides is 3. The van der Waals surface area contributed by atoms with Gasteiger partial charge in [0.25, 0.3) is 0 Å². The van der Waals surface area contributed by atoms with Crippen molar-refractivity contribution >= 4 is 33.2 Å². The zero-order valence-electron chi connectivity index (χ0n) is 26.0. The Hall–Kier alpha value is -4.15. The zero-order valence-corrected chi connectivity index (χ0v) is 26.0. The highest BCUT2D eigenvalue weighted by molar-refractivity contribution is 6.04. The Labute approximate surface area is 275 Å². The largest absolute Gasteiger partial charge is 0.459 e. The number of rotatable bonds is 7. The molecule has 2 aromatic heterocycles. The van der Waals surface area contributed by atoms with Crippen LogP contribution in [0.4, 0.5) is 37.8 Å². The molecule has 8 rings (SSSR count). The first-order valence-electron chi connectivity index (χ1n) is 16.1. The van der Waals surface area contributed by atoms with Gasteiger partial charge in [-0.05, 0) is 55.8 Å². The third kappa shape index (κ3) is 4.93. The second-order valence-corrected chi connectivity index (χ2v) is 13.3. The Bertz CT molecular complexity index is 1990. The predicted octanol–water partition coefficient (Wildman–Crippen LogP) is 5.07. The average molecular weight is 691 g/mol. The van der Waals surface area contributed by atoms with Crippen molar-refractivity contribution in [3.05, 3.63) is 41.8 Å². The monoisotopic (exact) mass is 690 g/mol. The molecule has 5 heterocycles. The van der Waals surface area contributed by atoms with Gasteiger partial charge in [-0.25, -0.2) is 22.0 Å². The Morgan fingerprint density at radius 2 is 1.86 bits per heavy atom. The number of fused-ring (bicyclic) bond motifs is 4. The van der Waals surface area contributed by atoms with Crippen LogP contribution in [0.1, 0.15) is 38.5 Å². The van der Waals surface area contributed by atoms with Crippen LogP contribution < -0.4 is 20.1 Å². The van der Waals surface area contributed by atoms with E-state index in [1.54, 1.807) is 9.80 Å². The summed E-state index contributed by atoms with van der Waals surface area (Å²) in [6, 6.07) is 2.06. The quantitative estimate of drug-likeness (QED) is 0.137. The summed E-state index contributed by atoms with van der Waals surface area (Å²) in [4.78, 5) is 16.2. The SMILES string of the molecule is Nc1cc(-c2ncc3c(N4CCCCC5C(F)C54)nc(OC(O)(O)[C@@]45CCCN4CC(F)C5)nc3c2F)c2c(OCF)c(F)c(F)cc2c1. The van der Waals surface area contributed by atoms with E-state index in [0.717, 1.165) is 12.5 Å². The molecule has 3 saturated heterocycles. The van der Waals surface area contributed by atoms with Gasteiger partial charge in [0.05, 0.1) is 11.4 Å². The molecule has 4 unspecified atom stereocenters. The van der Waals surface area contributed by atoms with E-state index in [4.69, 9.17) is 15.2 Å². The number of ether oxygens (including phenoxy) is 2. The molecule has 0 radical (unpaired) electrons. The van der Waals surface area contributed by atoms with Crippen LogP contribution in [0.15, 0.2) is 24.4 Å². The fraction of sp³-hybridized carbons (Fsp3) is 0.485. The van der Waals surface area contributed by atoms with Crippen molar-refractivity contribution in [2.24, 2.45) is 5.92 Å². The van der Waals surface area contributed by atoms with E-state index in [0.29, 0.717) is 32.4 Å². The van der Waals surface area contributed by atoms with Crippen LogP contribution in [-0.4, -0.2) is 86.5 Å². The van der Waals surface area contributed by atoms with E-state index < -0.39 is 77.2 Å². The van der Waals surface area contributed by atoms with E-state index in [9.17, 15) is 27.8 Å². The molecule has 0 spiro atoms. The molecule has 4 aliphatic rings. The number of hydrogen-bond donors (Lipinski definition) is 3. The van der Waals surface area contributed by atoms with E-state index in [1.165, 1.54) is 18.3 Å². The van der Waals surface area contributed by atoms with Gasteiger partial charge < -0.3 is 30.3 Å². The maximum absolute atomic E-state index is 16.9. The highest BCUT2D eigenvalue weighted by Gasteiger charge is 2.63. The minimum absolute atomic E-state index is 0.0141. The fourth-order valence-electron chi connectivity index (χ4n) is 8.26. The van der Waals surface area contributed by atoms with Crippen molar-refractivity contribution in [1.29, 1.82) is 0 Å². The molecule has 5 atom stereocenters. The van der Waals surface area contributed by atoms with E-state index >= 15 is 8.78 Å². The lowest BCUT2D eigenvalue weighted by Crippen LogP contribution is -2.62. The molecule has 4 aromatic rings. The molecular formula is C33H32F6N6O4. The van der Waals surface area contributed by atoms with Gasteiger partial charge in [0.2, 0.25) is 12.7 Å². The molecule has 4 fully saturated rings. The number of anilines is 2. The smallest absolute Gasteiger partial charge is 0.344 e. The summed E-state index contributed by atoms with van der Waals surface area (Å²) in [5.74, 6) is -8.06. The van der Waals surface area contributed by atoms with Crippen molar-refractivity contribution in [2.45, 2.75) is 68.4 Å². The number of nitrogen functional groups attached to an aromatic ring is 1. The highest BCUT2D eigenvalue weighted by atomic mass is 19.2. The van der Waals surface area contributed by atoms with Gasteiger partial charge in [0.15, 0.2) is 17.4 Å². The van der Waals surface area contributed by atoms with Crippen molar-refractivity contribution in [2.75, 3.05) is 37.1 Å². The van der Waals surface area contributed by atoms with Gasteiger partial charge in [0.1, 0.15) is 34.9 Å². The Morgan fingerprint density at radius 3 is 2.65 bits per heavy atom. The van der Waals surface area contributed by atoms with Crippen molar-refractivity contribution in [3.63, 3.8) is 0 Å². The highest BCUT2D eigenvalue weighted by Crippen LogP contribution is 2.50. The molecule has 4 N–H and O–H groups in total. The molecule has 49 heavy (non-hydrogen) atoms. The molecule has 1 saturated carbocycles. The first-order chi connectivity index (χ1) is 23.4. The second-order valence-electron chi connectivity index (χ2n) is 13.3. The number of halogens is 6. The van der Waals surface area contributed by atoms with Crippen LogP contribution in [0, 0.1) is 23.4 Å². The van der Waals surface area contributed by atoms with Crippen molar-refractivity contribution in [1.82, 2.24) is 19.9 Å². The van der Waals surface area contributed by atoms with Crippen molar-refractivity contribution in [3.8, 4) is 23.0 Å². The van der Waals surface area contributed by atoms with E-state index in [1.807, 2.05) is 0 Å². The van der Waals surface area contributed by atoms with Crippen LogP contribution in [0.25, 0.3) is 32.9 Å². The van der Waals surface area contributed by atoms with Gasteiger partial charge in [-0.1, -0.05) is 6.42 Å². The Kier molecular flexibility index (Phi) is 7.50. The summed E-state index contributed by atoms with van der Waals surface area (Å²) in [5.41, 5.74) is 3.47. The zero-order chi connectivity index (χ0) is 34.4. The topological polar surface area (TPSA) is 130 Å². The summed E-state index contributed by atoms with van der Waals surface area (Å²) in [7, 11) is 0. The van der Waals surface area contributed by atoms with Crippen LogP contribution in [-0.2, 0) is 0 Å². The number of nitrogens with two attached hydrogens (primary N) is 1. The van der Waals surface area contributed by atoms with Gasteiger partial charge in [-0.15, -0.1) is 0 Å². The van der Waals surface area contributed by atoms with Gasteiger partial charge in [-0.2, -0.15) is 14.4 Å². The first kappa shape index (κ1) is 32.1. The standard InChI is InChI=1S/C33H32F6N6O4/c34-14-48-29-22-15(9-21(36)24(29)38)8-17(40)10-19(22)26-25(39)27-20(12-41-26)30(45-7-2-1-4-18-23(37)28(18)45)43-31(42-27)49-33(46,47)32-5-3-6-44(32)13-16(35)11-32/h8-10,12,16,18,23,28,46-47H,1-7,11,13-14,40H2/t16?,18?,23?,28?,32-/m0/s1. The van der Waals surface area contributed by atoms with E-state index in [-0.39, 0.29) is 58.5 Å². The molecule has 260 valence electrons. The normalized spacial score (nSPS) is 27.0. The summed E-state index contributed by atoms with van der Waals surface area (Å²) in [6.07, 6.45) is 1.30. The minimum atomic E-state index is -3.00. The van der Waals surface area contributed by atoms with Crippen LogP contribution in [0.5, 0.6) is 11.8 Å². The Balaban J connectivity index is 1.33. The number of aromatic nitrogens is 3. The molecule has 10 nitrogen and oxygen atoms in total. The number of hydrogen-bond acceptors (Lipinski definition) is 10. The number of benzene rings is 2. The van der Waals surface area contributed by atoms with Crippen LogP contribution >= 0.6 is 0 Å². The molecule has 1 aliphatic carbocycles. The lowest BCUT2D eigenvalue weighted by atomic mass is 9.90.